The number of aromatic nitrogens is 2. The number of para-hydroxylation sites is 1. The van der Waals surface area contributed by atoms with Gasteiger partial charge in [0.05, 0.1) is 12.1 Å². The third kappa shape index (κ3) is 2.06. The van der Waals surface area contributed by atoms with Gasteiger partial charge in [0.2, 0.25) is 0 Å². The summed E-state index contributed by atoms with van der Waals surface area (Å²) in [7, 11) is 0. The zero-order chi connectivity index (χ0) is 12.8. The molecule has 94 valence electrons. The van der Waals surface area contributed by atoms with Crippen molar-refractivity contribution in [1.82, 2.24) is 10.2 Å². The second-order valence-electron chi connectivity index (χ2n) is 4.38. The number of ether oxygens (including phenoxy) is 1. The van der Waals surface area contributed by atoms with E-state index in [9.17, 15) is 4.79 Å². The molecule has 0 unspecified atom stereocenters. The van der Waals surface area contributed by atoms with Crippen molar-refractivity contribution in [3.63, 3.8) is 0 Å². The van der Waals surface area contributed by atoms with Crippen LogP contribution in [-0.4, -0.2) is 27.1 Å². The Morgan fingerprint density at radius 1 is 1.50 bits per heavy atom. The third-order valence-electron chi connectivity index (χ3n) is 3.04. The molecular formula is C12H10Cl2N2O2. The minimum atomic E-state index is -0.728. The second-order valence-corrected chi connectivity index (χ2v) is 5.92. The van der Waals surface area contributed by atoms with Gasteiger partial charge < -0.3 is 4.74 Å². The van der Waals surface area contributed by atoms with E-state index < -0.39 is 10.3 Å². The topological polar surface area (TPSA) is 55.0 Å². The second kappa shape index (κ2) is 4.14. The number of nitrogens with zero attached hydrogens (tertiary/aromatic N) is 1. The zero-order valence-corrected chi connectivity index (χ0v) is 10.8. The molecule has 1 aliphatic rings. The van der Waals surface area contributed by atoms with Crippen LogP contribution in [0.25, 0.3) is 10.9 Å². The predicted molar refractivity (Wildman–Crippen MR) is 68.9 cm³/mol. The van der Waals surface area contributed by atoms with Gasteiger partial charge in [-0.15, -0.1) is 23.2 Å². The van der Waals surface area contributed by atoms with Crippen LogP contribution in [-0.2, 0) is 4.74 Å². The highest BCUT2D eigenvalue weighted by molar-refractivity contribution is 6.50. The summed E-state index contributed by atoms with van der Waals surface area (Å²) in [6, 6.07) is 7.38. The summed E-state index contributed by atoms with van der Waals surface area (Å²) >= 11 is 11.7. The van der Waals surface area contributed by atoms with E-state index in [0.29, 0.717) is 12.1 Å². The van der Waals surface area contributed by atoms with Gasteiger partial charge in [-0.2, -0.15) is 5.10 Å². The fraction of sp³-hybridized carbons (Fsp3) is 0.333. The van der Waals surface area contributed by atoms with Crippen molar-refractivity contribution >= 4 is 40.1 Å². The van der Waals surface area contributed by atoms with Gasteiger partial charge in [0.1, 0.15) is 4.33 Å². The van der Waals surface area contributed by atoms with Crippen LogP contribution in [0.5, 0.6) is 0 Å². The molecule has 0 bridgehead atoms. The van der Waals surface area contributed by atoms with E-state index in [-0.39, 0.29) is 12.5 Å². The molecule has 3 rings (SSSR count). The molecule has 4 nitrogen and oxygen atoms in total. The molecule has 1 N–H and O–H groups in total. The minimum Gasteiger partial charge on any atom is -0.460 e. The Bertz CT molecular complexity index is 609. The van der Waals surface area contributed by atoms with E-state index in [1.54, 1.807) is 0 Å². The summed E-state index contributed by atoms with van der Waals surface area (Å²) in [4.78, 5) is 11.9. The number of carbonyl (C=O) groups excluding carboxylic acids is 1. The third-order valence-corrected chi connectivity index (χ3v) is 3.96. The molecule has 6 heteroatoms. The number of aromatic amines is 1. The minimum absolute atomic E-state index is 0.0231. The van der Waals surface area contributed by atoms with Gasteiger partial charge in [-0.25, -0.2) is 4.79 Å². The van der Waals surface area contributed by atoms with Crippen molar-refractivity contribution in [2.75, 3.05) is 6.61 Å². The van der Waals surface area contributed by atoms with Crippen LogP contribution in [0, 0.1) is 5.92 Å². The number of carbonyl (C=O) groups is 1. The maximum Gasteiger partial charge on any atom is 0.359 e. The Hall–Kier alpha value is -1.26. The lowest BCUT2D eigenvalue weighted by Crippen LogP contribution is -2.10. The molecule has 1 atom stereocenters. The fourth-order valence-electron chi connectivity index (χ4n) is 1.81. The van der Waals surface area contributed by atoms with E-state index in [2.05, 4.69) is 10.2 Å². The van der Waals surface area contributed by atoms with Crippen LogP contribution in [0.1, 0.15) is 16.9 Å². The Kier molecular flexibility index (Phi) is 2.72. The number of alkyl halides is 2. The summed E-state index contributed by atoms with van der Waals surface area (Å²) < 4.78 is 4.44. The molecule has 1 aromatic carbocycles. The summed E-state index contributed by atoms with van der Waals surface area (Å²) in [5.74, 6) is -0.432. The highest BCUT2D eigenvalue weighted by Crippen LogP contribution is 2.53. The summed E-state index contributed by atoms with van der Waals surface area (Å²) in [6.45, 7) is 0.229. The highest BCUT2D eigenvalue weighted by Gasteiger charge is 2.52. The molecular weight excluding hydrogens is 275 g/mol. The molecule has 0 amide bonds. The molecule has 0 saturated heterocycles. The lowest BCUT2D eigenvalue weighted by Gasteiger charge is -2.02. The molecule has 1 saturated carbocycles. The molecule has 0 radical (unpaired) electrons. The number of halogens is 2. The molecule has 1 aliphatic carbocycles. The van der Waals surface area contributed by atoms with E-state index in [4.69, 9.17) is 27.9 Å². The van der Waals surface area contributed by atoms with Crippen molar-refractivity contribution in [3.8, 4) is 0 Å². The van der Waals surface area contributed by atoms with Gasteiger partial charge in [-0.3, -0.25) is 5.10 Å². The monoisotopic (exact) mass is 284 g/mol. The summed E-state index contributed by atoms with van der Waals surface area (Å²) in [5.41, 5.74) is 1.10. The Balaban J connectivity index is 1.72. The van der Waals surface area contributed by atoms with Gasteiger partial charge in [-0.05, 0) is 12.5 Å². The van der Waals surface area contributed by atoms with Crippen LogP contribution in [0.4, 0.5) is 0 Å². The van der Waals surface area contributed by atoms with Crippen LogP contribution >= 0.6 is 23.2 Å². The molecule has 0 spiro atoms. The number of rotatable bonds is 3. The average Bonchev–Trinajstić information content (AvgIpc) is 2.78. The fourth-order valence-corrected chi connectivity index (χ4v) is 2.31. The van der Waals surface area contributed by atoms with E-state index in [0.717, 1.165) is 10.9 Å². The first-order valence-electron chi connectivity index (χ1n) is 5.56. The van der Waals surface area contributed by atoms with Crippen molar-refractivity contribution in [2.45, 2.75) is 10.8 Å². The Labute approximate surface area is 113 Å². The number of esters is 1. The van der Waals surface area contributed by atoms with Crippen molar-refractivity contribution in [1.29, 1.82) is 0 Å². The van der Waals surface area contributed by atoms with Gasteiger partial charge >= 0.3 is 5.97 Å². The van der Waals surface area contributed by atoms with Gasteiger partial charge in [-0.1, -0.05) is 18.2 Å². The molecule has 0 aliphatic heterocycles. The van der Waals surface area contributed by atoms with Crippen LogP contribution in [0.3, 0.4) is 0 Å². The number of nitrogens with one attached hydrogen (secondary N) is 1. The number of hydrogen-bond acceptors (Lipinski definition) is 3. The highest BCUT2D eigenvalue weighted by atomic mass is 35.5. The first kappa shape index (κ1) is 11.8. The van der Waals surface area contributed by atoms with Crippen molar-refractivity contribution < 1.29 is 9.53 Å². The van der Waals surface area contributed by atoms with E-state index in [1.165, 1.54) is 0 Å². The van der Waals surface area contributed by atoms with Gasteiger partial charge in [0.25, 0.3) is 0 Å². The first-order valence-corrected chi connectivity index (χ1v) is 6.31. The Morgan fingerprint density at radius 2 is 2.22 bits per heavy atom. The van der Waals surface area contributed by atoms with E-state index >= 15 is 0 Å². The molecule has 18 heavy (non-hydrogen) atoms. The van der Waals surface area contributed by atoms with Gasteiger partial charge in [0, 0.05) is 11.3 Å². The number of H-pyrrole nitrogens is 1. The maximum absolute atomic E-state index is 11.9. The lowest BCUT2D eigenvalue weighted by atomic mass is 10.2. The number of fused-ring (bicyclic) bond motifs is 1. The quantitative estimate of drug-likeness (QED) is 0.697. The zero-order valence-electron chi connectivity index (χ0n) is 9.32. The number of hydrogen-bond donors (Lipinski definition) is 1. The maximum atomic E-state index is 11.9. The van der Waals surface area contributed by atoms with Crippen molar-refractivity contribution in [2.24, 2.45) is 5.92 Å². The first-order chi connectivity index (χ1) is 8.58. The van der Waals surface area contributed by atoms with Crippen LogP contribution < -0.4 is 0 Å². The Morgan fingerprint density at radius 3 is 2.94 bits per heavy atom. The summed E-state index contributed by atoms with van der Waals surface area (Å²) in [6.07, 6.45) is 0.657. The lowest BCUT2D eigenvalue weighted by molar-refractivity contribution is 0.0480. The normalized spacial score (nSPS) is 20.9. The number of benzene rings is 1. The molecule has 1 heterocycles. The van der Waals surface area contributed by atoms with Crippen LogP contribution in [0.2, 0.25) is 0 Å². The molecule has 1 aromatic heterocycles. The smallest absolute Gasteiger partial charge is 0.359 e. The summed E-state index contributed by atoms with van der Waals surface area (Å²) in [5, 5.41) is 7.50. The molecule has 1 fully saturated rings. The molecule has 2 aromatic rings. The van der Waals surface area contributed by atoms with Crippen molar-refractivity contribution in [3.05, 3.63) is 30.0 Å². The average molecular weight is 285 g/mol. The van der Waals surface area contributed by atoms with Gasteiger partial charge in [0.15, 0.2) is 5.69 Å². The SMILES string of the molecule is O=C(OC[C@H]1CC1(Cl)Cl)c1n[nH]c2ccccc12. The van der Waals surface area contributed by atoms with E-state index in [1.807, 2.05) is 24.3 Å². The van der Waals surface area contributed by atoms with Crippen LogP contribution in [0.15, 0.2) is 24.3 Å². The predicted octanol–water partition coefficient (Wildman–Crippen LogP) is 2.91. The largest absolute Gasteiger partial charge is 0.460 e. The standard InChI is InChI=1S/C12H10Cl2N2O2/c13-12(14)5-7(12)6-18-11(17)10-8-3-1-2-4-9(8)15-16-10/h1-4,7H,5-6H2,(H,15,16)/t7-/m1/s1.